The molecule has 2 fully saturated rings. The van der Waals surface area contributed by atoms with Gasteiger partial charge in [-0.05, 0) is 80.4 Å². The monoisotopic (exact) mass is 1110 g/mol. The largest absolute Gasteiger partial charge is 0.495 e. The van der Waals surface area contributed by atoms with E-state index in [9.17, 15) is 38.7 Å². The third-order valence-corrected chi connectivity index (χ3v) is 18.7. The number of aliphatic hydroxyl groups is 1. The number of likely N-dealkylation sites (N-methyl/N-ethyl adjacent to an activating group) is 1. The molecule has 1 aromatic carbocycles. The molecule has 1 saturated carbocycles. The van der Waals surface area contributed by atoms with Gasteiger partial charge in [-0.2, -0.15) is 0 Å². The molecule has 9 atom stereocenters. The second-order valence-electron chi connectivity index (χ2n) is 21.4. The van der Waals surface area contributed by atoms with E-state index in [0.29, 0.717) is 30.7 Å². The molecule has 1 aromatic rings. The Labute approximate surface area is 454 Å². The number of fused-ring (bicyclic) bond motifs is 5. The van der Waals surface area contributed by atoms with Crippen LogP contribution in [0.5, 0.6) is 5.75 Å². The number of allylic oxidation sites excluding steroid dienone is 3. The van der Waals surface area contributed by atoms with Crippen LogP contribution in [0.2, 0.25) is 5.02 Å². The van der Waals surface area contributed by atoms with E-state index < -0.39 is 69.7 Å². The minimum Gasteiger partial charge on any atom is -0.495 e. The zero-order valence-electron chi connectivity index (χ0n) is 45.3. The summed E-state index contributed by atoms with van der Waals surface area (Å²) in [5.74, 6) is -1.82. The van der Waals surface area contributed by atoms with Crippen LogP contribution in [0.3, 0.4) is 0 Å². The highest BCUT2D eigenvalue weighted by atomic mass is 35.5. The first kappa shape index (κ1) is 62.4. The summed E-state index contributed by atoms with van der Waals surface area (Å²) in [6.07, 6.45) is 2.27. The first-order valence-electron chi connectivity index (χ1n) is 24.8. The minimum absolute atomic E-state index is 0.0117. The molecule has 18 nitrogen and oxygen atoms in total. The Hall–Kier alpha value is -4.15. The average Bonchev–Trinajstić information content (AvgIpc) is 4.03. The summed E-state index contributed by atoms with van der Waals surface area (Å²) in [7, 11) is 8.53. The van der Waals surface area contributed by atoms with Gasteiger partial charge in [-0.1, -0.05) is 94.7 Å². The molecular weight excluding hydrogens is 1030 g/mol. The van der Waals surface area contributed by atoms with Gasteiger partial charge in [0.15, 0.2) is 5.72 Å². The molecule has 3 aliphatic rings. The Bertz CT molecular complexity index is 2280. The van der Waals surface area contributed by atoms with Gasteiger partial charge < -0.3 is 49.2 Å². The number of nitrogens with zero attached hydrogens (tertiary/aromatic N) is 2. The molecule has 0 aromatic heterocycles. The highest BCUT2D eigenvalue weighted by molar-refractivity contribution is 8.82. The van der Waals surface area contributed by atoms with Gasteiger partial charge in [0.05, 0.1) is 25.0 Å². The van der Waals surface area contributed by atoms with Gasteiger partial charge in [-0.25, -0.2) is 14.4 Å². The van der Waals surface area contributed by atoms with Crippen molar-refractivity contribution in [1.82, 2.24) is 20.9 Å². The first-order chi connectivity index (χ1) is 34.4. The van der Waals surface area contributed by atoms with Gasteiger partial charge in [0, 0.05) is 68.0 Å². The predicted molar refractivity (Wildman–Crippen MR) is 291 cm³/mol. The standard InChI is InChI=1S/C52H78ClN5O13S3/c1-30-16-15-17-39(68-14)52(66)27-38(70-48(65)56-52)32(3)35-26-51(35,10)40(25-43(61)58(12)36-23-34(22-30)24-37(67-13)44(36)53)71-45(62)33(4)57(11)42(60)18-19-50(8,9)72-29-41(59)54-20-21-55-47(64)69-28-31(2)73-74-46(63)49(5,6)7/h15-17,23-24,31-33,35,38-40,66H,18-22,25-29H2,1-14H3,(H,54,59)(H,55,64)(H,56,65)/b17-15+,30-16+/t31-,32-,33-,35-,38-,39+,40-,51-,52-/m0/s1. The quantitative estimate of drug-likeness (QED) is 0.0475. The number of ether oxygens (including phenoxy) is 5. The summed E-state index contributed by atoms with van der Waals surface area (Å²) in [6, 6.07) is 2.55. The van der Waals surface area contributed by atoms with Crippen molar-refractivity contribution in [2.24, 2.45) is 22.7 Å². The van der Waals surface area contributed by atoms with Crippen molar-refractivity contribution in [3.63, 3.8) is 0 Å². The second kappa shape index (κ2) is 26.8. The first-order valence-corrected chi connectivity index (χ1v) is 28.4. The van der Waals surface area contributed by atoms with Crippen LogP contribution in [0.25, 0.3) is 0 Å². The molecule has 5 amide bonds. The number of thioether (sulfide) groups is 1. The Morgan fingerprint density at radius 3 is 2.39 bits per heavy atom. The number of halogens is 1. The van der Waals surface area contributed by atoms with E-state index in [1.807, 2.05) is 74.5 Å². The number of anilines is 1. The number of alkyl carbamates (subject to hydrolysis) is 2. The maximum absolute atomic E-state index is 14.4. The molecule has 0 spiro atoms. The minimum atomic E-state index is -1.82. The number of rotatable bonds is 18. The van der Waals surface area contributed by atoms with Crippen LogP contribution >= 0.6 is 45.0 Å². The summed E-state index contributed by atoms with van der Waals surface area (Å²) in [4.78, 5) is 95.1. The number of carbonyl (C=O) groups is 7. The maximum Gasteiger partial charge on any atom is 0.409 e. The molecule has 4 N–H and O–H groups in total. The van der Waals surface area contributed by atoms with Crippen molar-refractivity contribution in [3.05, 3.63) is 46.5 Å². The van der Waals surface area contributed by atoms with Crippen LogP contribution in [-0.4, -0.2) is 145 Å². The molecule has 4 bridgehead atoms. The third kappa shape index (κ3) is 17.4. The van der Waals surface area contributed by atoms with Crippen molar-refractivity contribution in [1.29, 1.82) is 0 Å². The zero-order valence-corrected chi connectivity index (χ0v) is 48.5. The van der Waals surface area contributed by atoms with E-state index in [1.54, 1.807) is 32.2 Å². The Morgan fingerprint density at radius 2 is 1.74 bits per heavy atom. The van der Waals surface area contributed by atoms with Crippen LogP contribution in [0, 0.1) is 22.7 Å². The van der Waals surface area contributed by atoms with E-state index in [-0.39, 0.29) is 83.7 Å². The lowest BCUT2D eigenvalue weighted by Gasteiger charge is -2.42. The SMILES string of the molecule is COc1cc2cc(c1Cl)N(C)C(=O)C[C@H](OC(=O)[C@H](C)N(C)C(=O)CCC(C)(C)SCC(=O)NCCNC(=O)OC[C@H](C)SSC(=O)C(C)(C)C)[C@@]1(C)C[C@H]1[C@H](C)[C@@H]1C[C@@](O)(NC(=O)O1)[C@H](OC)/C=C/C=C(\C)C2. The fraction of sp³-hybridized carbons (Fsp3) is 0.673. The van der Waals surface area contributed by atoms with E-state index in [4.69, 9.17) is 35.3 Å². The summed E-state index contributed by atoms with van der Waals surface area (Å²) >= 11 is 8.21. The van der Waals surface area contributed by atoms with E-state index in [1.165, 1.54) is 53.6 Å². The number of methoxy groups -OCH3 is 2. The lowest BCUT2D eigenvalue weighted by atomic mass is 9.83. The van der Waals surface area contributed by atoms with E-state index in [2.05, 4.69) is 16.0 Å². The van der Waals surface area contributed by atoms with Crippen molar-refractivity contribution < 1.29 is 62.4 Å². The van der Waals surface area contributed by atoms with Gasteiger partial charge in [-0.3, -0.25) is 24.5 Å². The molecule has 1 saturated heterocycles. The number of carbonyl (C=O) groups excluding carboxylic acids is 7. The predicted octanol–water partition coefficient (Wildman–Crippen LogP) is 7.86. The van der Waals surface area contributed by atoms with Crippen LogP contribution in [0.15, 0.2) is 35.9 Å². The second-order valence-corrected chi connectivity index (χ2v) is 26.1. The summed E-state index contributed by atoms with van der Waals surface area (Å²) in [5.41, 5.74) is -0.962. The third-order valence-electron chi connectivity index (χ3n) is 13.8. The number of esters is 1. The molecule has 0 radical (unpaired) electrons. The highest BCUT2D eigenvalue weighted by Crippen LogP contribution is 2.61. The maximum atomic E-state index is 14.4. The van der Waals surface area contributed by atoms with Crippen molar-refractivity contribution in [2.45, 2.75) is 148 Å². The van der Waals surface area contributed by atoms with Gasteiger partial charge in [0.25, 0.3) is 0 Å². The normalized spacial score (nSPS) is 26.4. The lowest BCUT2D eigenvalue weighted by Crippen LogP contribution is -2.63. The summed E-state index contributed by atoms with van der Waals surface area (Å²) in [6.45, 7) is 19.0. The molecule has 4 rings (SSSR count). The number of benzene rings is 1. The van der Waals surface area contributed by atoms with E-state index in [0.717, 1.165) is 21.9 Å². The number of amides is 5. The zero-order chi connectivity index (χ0) is 55.5. The fourth-order valence-electron chi connectivity index (χ4n) is 8.63. The molecule has 0 unspecified atom stereocenters. The van der Waals surface area contributed by atoms with Gasteiger partial charge >= 0.3 is 18.2 Å². The van der Waals surface area contributed by atoms with Crippen molar-refractivity contribution in [2.75, 3.05) is 58.7 Å². The van der Waals surface area contributed by atoms with Crippen molar-refractivity contribution in [3.8, 4) is 5.75 Å². The Kier molecular flexibility index (Phi) is 22.6. The highest BCUT2D eigenvalue weighted by Gasteiger charge is 2.62. The molecule has 2 aliphatic heterocycles. The number of hydrogen-bond acceptors (Lipinski definition) is 16. The molecule has 414 valence electrons. The summed E-state index contributed by atoms with van der Waals surface area (Å²) < 4.78 is 28.1. The molecule has 1 aliphatic carbocycles. The summed E-state index contributed by atoms with van der Waals surface area (Å²) in [5, 5.41) is 20.0. The van der Waals surface area contributed by atoms with Crippen LogP contribution in [-0.2, 0) is 49.3 Å². The topological polar surface area (TPSA) is 228 Å². The lowest BCUT2D eigenvalue weighted by molar-refractivity contribution is -0.163. The molecule has 74 heavy (non-hydrogen) atoms. The number of nitrogens with one attached hydrogen (secondary N) is 3. The van der Waals surface area contributed by atoms with Crippen molar-refractivity contribution >= 4 is 91.6 Å². The average molecular weight is 1110 g/mol. The molecule has 22 heteroatoms. The molecular formula is C52H78ClN5O13S3. The smallest absolute Gasteiger partial charge is 0.409 e. The molecule has 2 heterocycles. The Morgan fingerprint density at radius 1 is 1.07 bits per heavy atom. The van der Waals surface area contributed by atoms with Gasteiger partial charge in [0.2, 0.25) is 22.8 Å². The number of hydrogen-bond donors (Lipinski definition) is 4. The fourth-order valence-corrected chi connectivity index (χ4v) is 12.1. The van der Waals surface area contributed by atoms with Gasteiger partial charge in [0.1, 0.15) is 41.7 Å². The van der Waals surface area contributed by atoms with Gasteiger partial charge in [-0.15, -0.1) is 11.8 Å². The van der Waals surface area contributed by atoms with Crippen LogP contribution in [0.4, 0.5) is 15.3 Å². The van der Waals surface area contributed by atoms with E-state index >= 15 is 0 Å². The van der Waals surface area contributed by atoms with Crippen LogP contribution < -0.4 is 25.6 Å². The Balaban J connectivity index is 1.39. The van der Waals surface area contributed by atoms with Crippen LogP contribution in [0.1, 0.15) is 107 Å².